The minimum absolute atomic E-state index is 0.0237. The second-order valence-corrected chi connectivity index (χ2v) is 8.37. The first kappa shape index (κ1) is 20.1. The predicted octanol–water partition coefficient (Wildman–Crippen LogP) is 6.10. The van der Waals surface area contributed by atoms with E-state index in [0.29, 0.717) is 5.56 Å². The second kappa shape index (κ2) is 10.0. The Morgan fingerprint density at radius 2 is 1.74 bits per heavy atom. The molecule has 2 nitrogen and oxygen atoms in total. The zero-order chi connectivity index (χ0) is 17.3. The molecule has 0 amide bonds. The number of aldehydes is 1. The van der Waals surface area contributed by atoms with E-state index in [1.54, 1.807) is 0 Å². The molecule has 0 fully saturated rings. The van der Waals surface area contributed by atoms with Crippen LogP contribution in [-0.2, 0) is 11.2 Å². The summed E-state index contributed by atoms with van der Waals surface area (Å²) in [4.78, 5) is 11.2. The summed E-state index contributed by atoms with van der Waals surface area (Å²) in [6.07, 6.45) is 8.58. The van der Waals surface area contributed by atoms with E-state index in [0.717, 1.165) is 28.9 Å². The molecule has 0 aliphatic heterocycles. The molecule has 1 aromatic carbocycles. The number of rotatable bonds is 10. The van der Waals surface area contributed by atoms with Crippen molar-refractivity contribution in [1.82, 2.24) is 0 Å². The minimum atomic E-state index is -0.0237. The Bertz CT molecular complexity index is 489. The van der Waals surface area contributed by atoms with Gasteiger partial charge >= 0.3 is 0 Å². The molecule has 1 rings (SSSR count). The van der Waals surface area contributed by atoms with Crippen LogP contribution in [0.5, 0.6) is 5.75 Å². The van der Waals surface area contributed by atoms with Crippen LogP contribution in [0.2, 0.25) is 0 Å². The minimum Gasteiger partial charge on any atom is -0.507 e. The number of benzene rings is 1. The SMILES string of the molecule is CCCCCCCCSCc1cc(C(C)(C)C)cc(C=O)c1O. The van der Waals surface area contributed by atoms with Gasteiger partial charge in [0.1, 0.15) is 5.75 Å². The van der Waals surface area contributed by atoms with Gasteiger partial charge in [0.05, 0.1) is 5.56 Å². The van der Waals surface area contributed by atoms with Crippen LogP contribution in [0, 0.1) is 0 Å². The number of carbonyl (C=O) groups is 1. The van der Waals surface area contributed by atoms with Crippen LogP contribution in [0.25, 0.3) is 0 Å². The molecule has 0 radical (unpaired) electrons. The number of thioether (sulfide) groups is 1. The number of hydrogen-bond donors (Lipinski definition) is 1. The van der Waals surface area contributed by atoms with Crippen LogP contribution in [-0.4, -0.2) is 17.1 Å². The first-order valence-corrected chi connectivity index (χ1v) is 9.95. The summed E-state index contributed by atoms with van der Waals surface area (Å²) >= 11 is 1.85. The quantitative estimate of drug-likeness (QED) is 0.414. The second-order valence-electron chi connectivity index (χ2n) is 7.26. The third-order valence-corrected chi connectivity index (χ3v) is 5.20. The van der Waals surface area contributed by atoms with Crippen LogP contribution in [0.1, 0.15) is 87.7 Å². The predicted molar refractivity (Wildman–Crippen MR) is 102 cm³/mol. The zero-order valence-electron chi connectivity index (χ0n) is 15.2. The lowest BCUT2D eigenvalue weighted by atomic mass is 9.85. The molecule has 0 unspecified atom stereocenters. The smallest absolute Gasteiger partial charge is 0.153 e. The molecule has 0 atom stereocenters. The Morgan fingerprint density at radius 3 is 2.35 bits per heavy atom. The maximum Gasteiger partial charge on any atom is 0.153 e. The Hall–Kier alpha value is -0.960. The summed E-state index contributed by atoms with van der Waals surface area (Å²) in [7, 11) is 0. The van der Waals surface area contributed by atoms with E-state index in [4.69, 9.17) is 0 Å². The highest BCUT2D eigenvalue weighted by molar-refractivity contribution is 7.98. The van der Waals surface area contributed by atoms with E-state index in [-0.39, 0.29) is 11.2 Å². The van der Waals surface area contributed by atoms with E-state index in [2.05, 4.69) is 33.8 Å². The first-order chi connectivity index (χ1) is 10.9. The molecule has 0 aliphatic rings. The summed E-state index contributed by atoms with van der Waals surface area (Å²) in [6, 6.07) is 3.86. The van der Waals surface area contributed by atoms with Crippen LogP contribution in [0.15, 0.2) is 12.1 Å². The van der Waals surface area contributed by atoms with Crippen molar-refractivity contribution in [2.75, 3.05) is 5.75 Å². The van der Waals surface area contributed by atoms with Crippen molar-refractivity contribution >= 4 is 18.0 Å². The lowest BCUT2D eigenvalue weighted by Crippen LogP contribution is -2.12. The van der Waals surface area contributed by atoms with Crippen molar-refractivity contribution in [2.45, 2.75) is 77.4 Å². The topological polar surface area (TPSA) is 37.3 Å². The van der Waals surface area contributed by atoms with E-state index in [1.807, 2.05) is 17.8 Å². The molecule has 130 valence electrons. The summed E-state index contributed by atoms with van der Waals surface area (Å²) in [5, 5.41) is 10.2. The molecule has 23 heavy (non-hydrogen) atoms. The normalized spacial score (nSPS) is 11.7. The van der Waals surface area contributed by atoms with E-state index >= 15 is 0 Å². The van der Waals surface area contributed by atoms with Gasteiger partial charge in [-0.2, -0.15) is 11.8 Å². The fraction of sp³-hybridized carbons (Fsp3) is 0.650. The van der Waals surface area contributed by atoms with Crippen LogP contribution < -0.4 is 0 Å². The molecule has 0 bridgehead atoms. The van der Waals surface area contributed by atoms with Crippen molar-refractivity contribution in [2.24, 2.45) is 0 Å². The number of aromatic hydroxyl groups is 1. The lowest BCUT2D eigenvalue weighted by molar-refractivity contribution is 0.112. The highest BCUT2D eigenvalue weighted by atomic mass is 32.2. The van der Waals surface area contributed by atoms with Crippen molar-refractivity contribution in [3.8, 4) is 5.75 Å². The van der Waals surface area contributed by atoms with Crippen molar-refractivity contribution < 1.29 is 9.90 Å². The molecule has 0 saturated heterocycles. The Labute approximate surface area is 146 Å². The fourth-order valence-electron chi connectivity index (χ4n) is 2.52. The van der Waals surface area contributed by atoms with Crippen LogP contribution in [0.4, 0.5) is 0 Å². The molecule has 0 saturated carbocycles. The molecular formula is C20H32O2S. The van der Waals surface area contributed by atoms with Gasteiger partial charge in [-0.05, 0) is 29.2 Å². The number of phenolic OH excluding ortho intramolecular Hbond substituents is 1. The largest absolute Gasteiger partial charge is 0.507 e. The standard InChI is InChI=1S/C20H32O2S/c1-5-6-7-8-9-10-11-23-15-17-13-18(20(2,3)4)12-16(14-21)19(17)22/h12-14,22H,5-11,15H2,1-4H3. The van der Waals surface area contributed by atoms with Crippen molar-refractivity contribution in [3.05, 3.63) is 28.8 Å². The number of carbonyl (C=O) groups excluding carboxylic acids is 1. The molecule has 1 N–H and O–H groups in total. The van der Waals surface area contributed by atoms with E-state index < -0.39 is 0 Å². The summed E-state index contributed by atoms with van der Waals surface area (Å²) in [5.74, 6) is 2.04. The molecule has 0 aromatic heterocycles. The Kier molecular flexibility index (Phi) is 8.75. The molecule has 0 aliphatic carbocycles. The maximum absolute atomic E-state index is 11.2. The third-order valence-electron chi connectivity index (χ3n) is 4.11. The maximum atomic E-state index is 11.2. The van der Waals surface area contributed by atoms with Gasteiger partial charge < -0.3 is 5.11 Å². The van der Waals surface area contributed by atoms with Gasteiger partial charge in [-0.1, -0.05) is 65.9 Å². The third kappa shape index (κ3) is 6.99. The number of phenols is 1. The number of unbranched alkanes of at least 4 members (excludes halogenated alkanes) is 5. The van der Waals surface area contributed by atoms with Gasteiger partial charge in [-0.15, -0.1) is 0 Å². The molecule has 0 heterocycles. The van der Waals surface area contributed by atoms with Gasteiger partial charge in [0.25, 0.3) is 0 Å². The summed E-state index contributed by atoms with van der Waals surface area (Å²) < 4.78 is 0. The molecule has 0 spiro atoms. The van der Waals surface area contributed by atoms with Crippen molar-refractivity contribution in [1.29, 1.82) is 0 Å². The molecular weight excluding hydrogens is 304 g/mol. The van der Waals surface area contributed by atoms with Gasteiger partial charge in [0.2, 0.25) is 0 Å². The van der Waals surface area contributed by atoms with E-state index in [1.165, 1.54) is 38.5 Å². The van der Waals surface area contributed by atoms with E-state index in [9.17, 15) is 9.90 Å². The van der Waals surface area contributed by atoms with Gasteiger partial charge in [-0.25, -0.2) is 0 Å². The van der Waals surface area contributed by atoms with Gasteiger partial charge in [-0.3, -0.25) is 4.79 Å². The van der Waals surface area contributed by atoms with Crippen LogP contribution in [0.3, 0.4) is 0 Å². The summed E-state index contributed by atoms with van der Waals surface area (Å²) in [5.41, 5.74) is 2.38. The Balaban J connectivity index is 2.54. The first-order valence-electron chi connectivity index (χ1n) is 8.79. The van der Waals surface area contributed by atoms with Gasteiger partial charge in [0.15, 0.2) is 6.29 Å². The van der Waals surface area contributed by atoms with Crippen LogP contribution >= 0.6 is 11.8 Å². The Morgan fingerprint density at radius 1 is 1.09 bits per heavy atom. The zero-order valence-corrected chi connectivity index (χ0v) is 16.0. The monoisotopic (exact) mass is 336 g/mol. The molecule has 1 aromatic rings. The average molecular weight is 337 g/mol. The van der Waals surface area contributed by atoms with Crippen molar-refractivity contribution in [3.63, 3.8) is 0 Å². The summed E-state index contributed by atoms with van der Waals surface area (Å²) in [6.45, 7) is 8.62. The lowest BCUT2D eigenvalue weighted by Gasteiger charge is -2.21. The molecule has 3 heteroatoms. The fourth-order valence-corrected chi connectivity index (χ4v) is 3.51. The average Bonchev–Trinajstić information content (AvgIpc) is 2.50. The highest BCUT2D eigenvalue weighted by Crippen LogP contribution is 2.32. The number of hydrogen-bond acceptors (Lipinski definition) is 3. The highest BCUT2D eigenvalue weighted by Gasteiger charge is 2.18. The van der Waals surface area contributed by atoms with Gasteiger partial charge in [0, 0.05) is 11.3 Å².